The third kappa shape index (κ3) is 2.61. The first-order valence-electron chi connectivity index (χ1n) is 4.89. The second-order valence-electron chi connectivity index (χ2n) is 3.67. The van der Waals surface area contributed by atoms with Gasteiger partial charge in [-0.15, -0.1) is 0 Å². The highest BCUT2D eigenvalue weighted by Crippen LogP contribution is 2.15. The molecule has 1 heterocycles. The van der Waals surface area contributed by atoms with Crippen LogP contribution in [0.25, 0.3) is 0 Å². The minimum atomic E-state index is -0.241. The van der Waals surface area contributed by atoms with Crippen LogP contribution in [0.2, 0.25) is 0 Å². The maximum Gasteiger partial charge on any atom is 0.139 e. The van der Waals surface area contributed by atoms with Crippen LogP contribution in [0, 0.1) is 5.82 Å². The number of aldehydes is 1. The molecule has 0 amide bonds. The number of halogens is 1. The molecule has 3 nitrogen and oxygen atoms in total. The summed E-state index contributed by atoms with van der Waals surface area (Å²) in [6.07, 6.45) is 2.19. The quantitative estimate of drug-likeness (QED) is 0.761. The molecule has 0 saturated carbocycles. The number of benzene rings is 1. The third-order valence-electron chi connectivity index (χ3n) is 2.44. The minimum absolute atomic E-state index is 0.00865. The van der Waals surface area contributed by atoms with Crippen molar-refractivity contribution in [2.24, 2.45) is 0 Å². The molecular formula is C11H12FNO2. The average Bonchev–Trinajstić information content (AvgIpc) is 2.69. The Bertz CT molecular complexity index is 339. The fraction of sp³-hybridized carbons (Fsp3) is 0.364. The number of rotatable bonds is 3. The lowest BCUT2D eigenvalue weighted by Crippen LogP contribution is -2.20. The Balaban J connectivity index is 1.92. The predicted molar refractivity (Wildman–Crippen MR) is 52.6 cm³/mol. The zero-order valence-corrected chi connectivity index (χ0v) is 8.15. The normalized spacial score (nSPS) is 25.4. The fourth-order valence-corrected chi connectivity index (χ4v) is 1.65. The molecule has 4 heteroatoms. The summed E-state index contributed by atoms with van der Waals surface area (Å²) in [6, 6.07) is 6.10. The molecular weight excluding hydrogens is 197 g/mol. The Morgan fingerprint density at radius 3 is 2.80 bits per heavy atom. The van der Waals surface area contributed by atoms with E-state index < -0.39 is 0 Å². The van der Waals surface area contributed by atoms with Gasteiger partial charge in [-0.3, -0.25) is 4.84 Å². The van der Waals surface area contributed by atoms with Gasteiger partial charge in [0.2, 0.25) is 0 Å². The number of carbonyl (C=O) groups is 1. The largest absolute Gasteiger partial charge is 0.302 e. The van der Waals surface area contributed by atoms with Gasteiger partial charge in [0.25, 0.3) is 0 Å². The molecule has 2 unspecified atom stereocenters. The van der Waals surface area contributed by atoms with Crippen molar-refractivity contribution in [1.82, 2.24) is 5.48 Å². The molecule has 80 valence electrons. The Morgan fingerprint density at radius 2 is 2.20 bits per heavy atom. The monoisotopic (exact) mass is 209 g/mol. The third-order valence-corrected chi connectivity index (χ3v) is 2.44. The van der Waals surface area contributed by atoms with E-state index >= 15 is 0 Å². The molecule has 0 spiro atoms. The Labute approximate surface area is 87.2 Å². The van der Waals surface area contributed by atoms with E-state index in [9.17, 15) is 9.18 Å². The maximum atomic E-state index is 12.6. The zero-order valence-electron chi connectivity index (χ0n) is 8.15. The van der Waals surface area contributed by atoms with Crippen LogP contribution in [0.4, 0.5) is 4.39 Å². The van der Waals surface area contributed by atoms with Crippen molar-refractivity contribution in [2.45, 2.75) is 25.0 Å². The number of hydrogen-bond acceptors (Lipinski definition) is 3. The van der Waals surface area contributed by atoms with E-state index in [2.05, 4.69) is 5.48 Å². The van der Waals surface area contributed by atoms with E-state index in [0.717, 1.165) is 11.8 Å². The summed E-state index contributed by atoms with van der Waals surface area (Å²) in [5.41, 5.74) is 3.65. The Hall–Kier alpha value is -1.26. The van der Waals surface area contributed by atoms with Gasteiger partial charge in [-0.1, -0.05) is 12.1 Å². The van der Waals surface area contributed by atoms with Crippen LogP contribution in [-0.4, -0.2) is 18.4 Å². The van der Waals surface area contributed by atoms with Crippen molar-refractivity contribution in [3.63, 3.8) is 0 Å². The molecule has 1 aliphatic rings. The van der Waals surface area contributed by atoms with Gasteiger partial charge in [0.15, 0.2) is 0 Å². The van der Waals surface area contributed by atoms with Gasteiger partial charge < -0.3 is 4.79 Å². The van der Waals surface area contributed by atoms with E-state index in [1.165, 1.54) is 12.1 Å². The van der Waals surface area contributed by atoms with E-state index in [1.807, 2.05) is 0 Å². The molecule has 1 aromatic carbocycles. The molecule has 1 fully saturated rings. The molecule has 1 aromatic rings. The smallest absolute Gasteiger partial charge is 0.139 e. The van der Waals surface area contributed by atoms with Gasteiger partial charge in [-0.2, -0.15) is 5.48 Å². The Morgan fingerprint density at radius 1 is 1.47 bits per heavy atom. The highest BCUT2D eigenvalue weighted by Gasteiger charge is 2.24. The van der Waals surface area contributed by atoms with Crippen molar-refractivity contribution in [2.75, 3.05) is 0 Å². The molecule has 0 bridgehead atoms. The van der Waals surface area contributed by atoms with Gasteiger partial charge in [0, 0.05) is 12.8 Å². The van der Waals surface area contributed by atoms with Crippen molar-refractivity contribution >= 4 is 6.29 Å². The molecule has 2 atom stereocenters. The molecule has 0 aromatic heterocycles. The lowest BCUT2D eigenvalue weighted by atomic mass is 10.0. The molecule has 0 radical (unpaired) electrons. The van der Waals surface area contributed by atoms with Crippen molar-refractivity contribution in [1.29, 1.82) is 0 Å². The minimum Gasteiger partial charge on any atom is -0.302 e. The molecule has 1 saturated heterocycles. The van der Waals surface area contributed by atoms with Crippen molar-refractivity contribution in [3.8, 4) is 0 Å². The molecule has 2 rings (SSSR count). The fourth-order valence-electron chi connectivity index (χ4n) is 1.65. The Kier molecular flexibility index (Phi) is 3.08. The number of hydrogen-bond donors (Lipinski definition) is 1. The van der Waals surface area contributed by atoms with Crippen LogP contribution in [0.1, 0.15) is 12.0 Å². The first-order chi connectivity index (χ1) is 7.28. The highest BCUT2D eigenvalue weighted by molar-refractivity contribution is 5.57. The second-order valence-corrected chi connectivity index (χ2v) is 3.67. The van der Waals surface area contributed by atoms with Gasteiger partial charge in [-0.05, 0) is 17.7 Å². The van der Waals surface area contributed by atoms with Crippen LogP contribution < -0.4 is 5.48 Å². The summed E-state index contributed by atoms with van der Waals surface area (Å²) in [4.78, 5) is 15.7. The van der Waals surface area contributed by atoms with E-state index in [0.29, 0.717) is 12.8 Å². The topological polar surface area (TPSA) is 38.3 Å². The van der Waals surface area contributed by atoms with Crippen LogP contribution in [0.3, 0.4) is 0 Å². The van der Waals surface area contributed by atoms with Crippen LogP contribution in [-0.2, 0) is 16.1 Å². The summed E-state index contributed by atoms with van der Waals surface area (Å²) < 4.78 is 12.6. The van der Waals surface area contributed by atoms with Gasteiger partial charge in [-0.25, -0.2) is 4.39 Å². The lowest BCUT2D eigenvalue weighted by molar-refractivity contribution is -0.110. The number of nitrogens with one attached hydrogen (secondary N) is 1. The van der Waals surface area contributed by atoms with Gasteiger partial charge in [0.05, 0.1) is 12.1 Å². The first kappa shape index (κ1) is 10.3. The SMILES string of the molecule is O=CC1CC(Cc2ccc(F)cc2)ON1. The average molecular weight is 209 g/mol. The van der Waals surface area contributed by atoms with Crippen molar-refractivity contribution < 1.29 is 14.0 Å². The predicted octanol–water partition coefficient (Wildman–Crippen LogP) is 1.23. The molecule has 1 aliphatic heterocycles. The van der Waals surface area contributed by atoms with Crippen LogP contribution in [0.15, 0.2) is 24.3 Å². The summed E-state index contributed by atoms with van der Waals surface area (Å²) >= 11 is 0. The van der Waals surface area contributed by atoms with Crippen LogP contribution >= 0.6 is 0 Å². The van der Waals surface area contributed by atoms with E-state index in [4.69, 9.17) is 4.84 Å². The van der Waals surface area contributed by atoms with Gasteiger partial charge >= 0.3 is 0 Å². The number of hydroxylamine groups is 1. The summed E-state index contributed by atoms with van der Waals surface area (Å²) in [5.74, 6) is -0.241. The molecule has 15 heavy (non-hydrogen) atoms. The maximum absolute atomic E-state index is 12.6. The van der Waals surface area contributed by atoms with Crippen LogP contribution in [0.5, 0.6) is 0 Å². The highest BCUT2D eigenvalue weighted by atomic mass is 19.1. The second kappa shape index (κ2) is 4.51. The molecule has 0 aliphatic carbocycles. The first-order valence-corrected chi connectivity index (χ1v) is 4.89. The lowest BCUT2D eigenvalue weighted by Gasteiger charge is -2.07. The van der Waals surface area contributed by atoms with Crippen molar-refractivity contribution in [3.05, 3.63) is 35.6 Å². The standard InChI is InChI=1S/C11H12FNO2/c12-9-3-1-8(2-4-9)5-11-6-10(7-14)13-15-11/h1-4,7,10-11,13H,5-6H2. The summed E-state index contributed by atoms with van der Waals surface area (Å²) in [5, 5.41) is 0. The van der Waals surface area contributed by atoms with E-state index in [-0.39, 0.29) is 18.0 Å². The molecule has 1 N–H and O–H groups in total. The zero-order chi connectivity index (χ0) is 10.7. The summed E-state index contributed by atoms with van der Waals surface area (Å²) in [7, 11) is 0. The number of carbonyl (C=O) groups excluding carboxylic acids is 1. The van der Waals surface area contributed by atoms with Gasteiger partial charge in [0.1, 0.15) is 12.1 Å². The van der Waals surface area contributed by atoms with E-state index in [1.54, 1.807) is 12.1 Å². The summed E-state index contributed by atoms with van der Waals surface area (Å²) in [6.45, 7) is 0.